The zero-order valence-corrected chi connectivity index (χ0v) is 8.23. The molecule has 13 heavy (non-hydrogen) atoms. The molecule has 0 radical (unpaired) electrons. The van der Waals surface area contributed by atoms with Crippen molar-refractivity contribution >= 4 is 15.9 Å². The van der Waals surface area contributed by atoms with Gasteiger partial charge in [0.2, 0.25) is 15.9 Å². The molecule has 2 aliphatic heterocycles. The van der Waals surface area contributed by atoms with Gasteiger partial charge in [-0.1, -0.05) is 0 Å². The molecule has 2 heterocycles. The van der Waals surface area contributed by atoms with Crippen molar-refractivity contribution in [2.45, 2.75) is 18.4 Å². The average molecular weight is 204 g/mol. The third-order valence-corrected chi connectivity index (χ3v) is 4.13. The van der Waals surface area contributed by atoms with E-state index in [0.717, 1.165) is 12.7 Å². The third kappa shape index (κ3) is 1.08. The van der Waals surface area contributed by atoms with Crippen molar-refractivity contribution in [3.8, 4) is 0 Å². The smallest absolute Gasteiger partial charge is 0.243 e. The van der Waals surface area contributed by atoms with Crippen LogP contribution in [0, 0.1) is 0 Å². The van der Waals surface area contributed by atoms with Crippen LogP contribution < -0.4 is 5.32 Å². The molecule has 0 aromatic rings. The Balaban J connectivity index is 2.35. The first kappa shape index (κ1) is 8.96. The van der Waals surface area contributed by atoms with Crippen LogP contribution in [0.4, 0.5) is 0 Å². The number of carbonyl (C=O) groups excluding carboxylic acids is 1. The van der Waals surface area contributed by atoms with Gasteiger partial charge in [0.1, 0.15) is 5.54 Å². The van der Waals surface area contributed by atoms with E-state index in [1.54, 1.807) is 0 Å². The zero-order valence-electron chi connectivity index (χ0n) is 7.41. The normalized spacial score (nSPS) is 34.7. The van der Waals surface area contributed by atoms with Gasteiger partial charge in [-0.2, -0.15) is 4.31 Å². The van der Waals surface area contributed by atoms with Crippen LogP contribution in [0.1, 0.15) is 12.8 Å². The Labute approximate surface area is 77.1 Å². The molecule has 0 saturated carbocycles. The highest BCUT2D eigenvalue weighted by atomic mass is 32.2. The summed E-state index contributed by atoms with van der Waals surface area (Å²) >= 11 is 0. The van der Waals surface area contributed by atoms with E-state index in [4.69, 9.17) is 0 Å². The molecule has 2 aliphatic rings. The minimum atomic E-state index is -3.23. The van der Waals surface area contributed by atoms with Crippen LogP contribution in [0.15, 0.2) is 0 Å². The maximum absolute atomic E-state index is 11.3. The fourth-order valence-corrected chi connectivity index (χ4v) is 3.44. The fraction of sp³-hybridized carbons (Fsp3) is 0.857. The molecule has 74 valence electrons. The van der Waals surface area contributed by atoms with E-state index >= 15 is 0 Å². The van der Waals surface area contributed by atoms with Crippen LogP contribution in [0.3, 0.4) is 0 Å². The molecule has 6 heteroatoms. The number of carbonyl (C=O) groups is 1. The van der Waals surface area contributed by atoms with Crippen molar-refractivity contribution < 1.29 is 13.2 Å². The number of nitrogens with zero attached hydrogens (tertiary/aromatic N) is 1. The number of hydrogen-bond acceptors (Lipinski definition) is 3. The van der Waals surface area contributed by atoms with E-state index in [9.17, 15) is 13.2 Å². The van der Waals surface area contributed by atoms with Crippen LogP contribution in [0.25, 0.3) is 0 Å². The lowest BCUT2D eigenvalue weighted by atomic mass is 9.90. The molecule has 0 aromatic carbocycles. The molecule has 0 bridgehead atoms. The van der Waals surface area contributed by atoms with Crippen LogP contribution >= 0.6 is 0 Å². The second-order valence-corrected chi connectivity index (χ2v) is 5.56. The zero-order chi connectivity index (χ0) is 9.69. The summed E-state index contributed by atoms with van der Waals surface area (Å²) < 4.78 is 24.0. The first-order valence-electron chi connectivity index (χ1n) is 4.23. The summed E-state index contributed by atoms with van der Waals surface area (Å²) in [7, 11) is -3.23. The summed E-state index contributed by atoms with van der Waals surface area (Å²) in [4.78, 5) is 11.3. The van der Waals surface area contributed by atoms with Gasteiger partial charge in [0.15, 0.2) is 0 Å². The van der Waals surface area contributed by atoms with Crippen molar-refractivity contribution in [3.05, 3.63) is 0 Å². The average Bonchev–Trinajstić information content (AvgIpc) is 2.46. The minimum Gasteiger partial charge on any atom is -0.352 e. The molecule has 2 rings (SSSR count). The van der Waals surface area contributed by atoms with Crippen molar-refractivity contribution in [1.29, 1.82) is 0 Å². The van der Waals surface area contributed by atoms with E-state index in [1.165, 1.54) is 4.31 Å². The third-order valence-electron chi connectivity index (χ3n) is 2.79. The second kappa shape index (κ2) is 2.45. The number of rotatable bonds is 1. The highest BCUT2D eigenvalue weighted by Crippen LogP contribution is 2.35. The standard InChI is InChI=1S/C7H12N2O3S/c1-13(11,12)9-4-2-3-7(9)5-8-6(7)10/h2-5H2,1H3,(H,8,10). The van der Waals surface area contributed by atoms with E-state index in [-0.39, 0.29) is 5.91 Å². The highest BCUT2D eigenvalue weighted by molar-refractivity contribution is 7.88. The SMILES string of the molecule is CS(=O)(=O)N1CCCC12CNC2=O. The molecule has 1 spiro atoms. The Morgan fingerprint density at radius 1 is 1.54 bits per heavy atom. The van der Waals surface area contributed by atoms with Crippen LogP contribution in [0.2, 0.25) is 0 Å². The Hall–Kier alpha value is -0.620. The lowest BCUT2D eigenvalue weighted by molar-refractivity contribution is -0.137. The van der Waals surface area contributed by atoms with E-state index in [2.05, 4.69) is 5.32 Å². The first-order valence-corrected chi connectivity index (χ1v) is 6.08. The number of β-lactam (4-membered cyclic amide) rings is 1. The molecular formula is C7H12N2O3S. The van der Waals surface area contributed by atoms with E-state index in [1.807, 2.05) is 0 Å². The predicted molar refractivity (Wildman–Crippen MR) is 46.5 cm³/mol. The quantitative estimate of drug-likeness (QED) is 0.552. The molecule has 5 nitrogen and oxygen atoms in total. The number of sulfonamides is 1. The molecule has 2 fully saturated rings. The number of hydrogen-bond donors (Lipinski definition) is 1. The molecule has 0 aromatic heterocycles. The summed E-state index contributed by atoms with van der Waals surface area (Å²) in [6.45, 7) is 0.950. The van der Waals surface area contributed by atoms with Gasteiger partial charge >= 0.3 is 0 Å². The van der Waals surface area contributed by atoms with Crippen LogP contribution in [0.5, 0.6) is 0 Å². The van der Waals surface area contributed by atoms with Crippen LogP contribution in [-0.2, 0) is 14.8 Å². The number of nitrogens with one attached hydrogen (secondary N) is 1. The van der Waals surface area contributed by atoms with E-state index < -0.39 is 15.6 Å². The van der Waals surface area contributed by atoms with Crippen LogP contribution in [-0.4, -0.2) is 43.5 Å². The maximum atomic E-state index is 11.3. The predicted octanol–water partition coefficient (Wildman–Crippen LogP) is -1.09. The topological polar surface area (TPSA) is 66.5 Å². The van der Waals surface area contributed by atoms with Crippen molar-refractivity contribution in [3.63, 3.8) is 0 Å². The van der Waals surface area contributed by atoms with Gasteiger partial charge in [-0.15, -0.1) is 0 Å². The van der Waals surface area contributed by atoms with Gasteiger partial charge in [0.25, 0.3) is 0 Å². The van der Waals surface area contributed by atoms with Gasteiger partial charge in [0.05, 0.1) is 6.26 Å². The van der Waals surface area contributed by atoms with E-state index in [0.29, 0.717) is 19.5 Å². The minimum absolute atomic E-state index is 0.143. The molecule has 1 amide bonds. The Morgan fingerprint density at radius 2 is 2.23 bits per heavy atom. The molecule has 2 saturated heterocycles. The molecule has 1 atom stereocenters. The lowest BCUT2D eigenvalue weighted by Crippen LogP contribution is -2.71. The number of amides is 1. The largest absolute Gasteiger partial charge is 0.352 e. The summed E-state index contributed by atoms with van der Waals surface area (Å²) in [5.41, 5.74) is -0.729. The van der Waals surface area contributed by atoms with Gasteiger partial charge in [-0.3, -0.25) is 4.79 Å². The molecule has 0 aliphatic carbocycles. The molecular weight excluding hydrogens is 192 g/mol. The van der Waals surface area contributed by atoms with Crippen molar-refractivity contribution in [2.75, 3.05) is 19.3 Å². The Kier molecular flexibility index (Phi) is 1.69. The van der Waals surface area contributed by atoms with Gasteiger partial charge in [0, 0.05) is 13.1 Å². The maximum Gasteiger partial charge on any atom is 0.243 e. The highest BCUT2D eigenvalue weighted by Gasteiger charge is 2.56. The monoisotopic (exact) mass is 204 g/mol. The first-order chi connectivity index (χ1) is 5.97. The fourth-order valence-electron chi connectivity index (χ4n) is 2.11. The summed E-state index contributed by atoms with van der Waals surface area (Å²) in [6, 6.07) is 0. The lowest BCUT2D eigenvalue weighted by Gasteiger charge is -2.42. The van der Waals surface area contributed by atoms with Crippen molar-refractivity contribution in [2.24, 2.45) is 0 Å². The summed E-state index contributed by atoms with van der Waals surface area (Å²) in [5, 5.41) is 2.60. The summed E-state index contributed by atoms with van der Waals surface area (Å²) in [6.07, 6.45) is 2.60. The second-order valence-electron chi connectivity index (χ2n) is 3.65. The van der Waals surface area contributed by atoms with Gasteiger partial charge in [-0.05, 0) is 12.8 Å². The molecule has 1 unspecified atom stereocenters. The van der Waals surface area contributed by atoms with Gasteiger partial charge in [-0.25, -0.2) is 8.42 Å². The molecule has 1 N–H and O–H groups in total. The van der Waals surface area contributed by atoms with Crippen molar-refractivity contribution in [1.82, 2.24) is 9.62 Å². The Morgan fingerprint density at radius 3 is 2.54 bits per heavy atom. The Bertz CT molecular complexity index is 351. The van der Waals surface area contributed by atoms with Gasteiger partial charge < -0.3 is 5.32 Å². The summed E-state index contributed by atoms with van der Waals surface area (Å²) in [5.74, 6) is -0.143.